The first-order chi connectivity index (χ1) is 13.0. The SMILES string of the molecule is Cl.Cn1cc(S(=O)(=O)N2CCCCC2)cc1C(=O)NCCCN1CCNCC1. The molecule has 3 heterocycles. The molecule has 0 aliphatic carbocycles. The average molecular weight is 434 g/mol. The fourth-order valence-electron chi connectivity index (χ4n) is 3.69. The van der Waals surface area contributed by atoms with Crippen LogP contribution in [0.15, 0.2) is 17.2 Å². The van der Waals surface area contributed by atoms with E-state index in [-0.39, 0.29) is 23.2 Å². The lowest BCUT2D eigenvalue weighted by molar-refractivity contribution is 0.0943. The number of halogens is 1. The van der Waals surface area contributed by atoms with Gasteiger partial charge in [0.05, 0.1) is 0 Å². The maximum Gasteiger partial charge on any atom is 0.267 e. The largest absolute Gasteiger partial charge is 0.351 e. The molecule has 0 saturated carbocycles. The number of aryl methyl sites for hydroxylation is 1. The van der Waals surface area contributed by atoms with Crippen molar-refractivity contribution in [1.82, 2.24) is 24.4 Å². The summed E-state index contributed by atoms with van der Waals surface area (Å²) in [4.78, 5) is 15.1. The standard InChI is InChI=1S/C18H31N5O3S.ClH/c1-21-15-16(27(25,26)23-10-3-2-4-11-23)14-17(21)18(24)20-6-5-9-22-12-7-19-8-13-22;/h14-15,19H,2-13H2,1H3,(H,20,24);1H. The topological polar surface area (TPSA) is 86.7 Å². The van der Waals surface area contributed by atoms with Crippen LogP contribution in [0.1, 0.15) is 36.2 Å². The molecule has 1 aromatic rings. The monoisotopic (exact) mass is 433 g/mol. The van der Waals surface area contributed by atoms with Crippen molar-refractivity contribution in [2.24, 2.45) is 7.05 Å². The van der Waals surface area contributed by atoms with E-state index in [1.165, 1.54) is 10.4 Å². The zero-order valence-electron chi connectivity index (χ0n) is 16.5. The Balaban J connectivity index is 0.00000280. The van der Waals surface area contributed by atoms with E-state index in [1.54, 1.807) is 17.8 Å². The minimum atomic E-state index is -3.52. The number of amides is 1. The van der Waals surface area contributed by atoms with Crippen LogP contribution in [0.5, 0.6) is 0 Å². The Labute approximate surface area is 174 Å². The normalized spacial score (nSPS) is 19.2. The predicted molar refractivity (Wildman–Crippen MR) is 112 cm³/mol. The Kier molecular flexibility index (Phi) is 8.76. The number of sulfonamides is 1. The third kappa shape index (κ3) is 5.70. The van der Waals surface area contributed by atoms with Gasteiger partial charge in [-0.15, -0.1) is 12.4 Å². The summed E-state index contributed by atoms with van der Waals surface area (Å²) in [5.74, 6) is -0.224. The minimum absolute atomic E-state index is 0. The first-order valence-corrected chi connectivity index (χ1v) is 11.3. The number of aromatic nitrogens is 1. The van der Waals surface area contributed by atoms with Gasteiger partial charge in [-0.3, -0.25) is 4.79 Å². The second-order valence-corrected chi connectivity index (χ2v) is 9.28. The molecule has 1 aromatic heterocycles. The third-order valence-corrected chi connectivity index (χ3v) is 7.18. The Morgan fingerprint density at radius 2 is 1.82 bits per heavy atom. The summed E-state index contributed by atoms with van der Waals surface area (Å²) in [6.07, 6.45) is 5.29. The van der Waals surface area contributed by atoms with Gasteiger partial charge in [0.2, 0.25) is 10.0 Å². The number of piperazine rings is 1. The van der Waals surface area contributed by atoms with Crippen LogP contribution in [0.2, 0.25) is 0 Å². The zero-order valence-corrected chi connectivity index (χ0v) is 18.2. The van der Waals surface area contributed by atoms with E-state index in [0.717, 1.165) is 58.4 Å². The molecule has 2 aliphatic heterocycles. The third-order valence-electron chi connectivity index (χ3n) is 5.31. The second-order valence-electron chi connectivity index (χ2n) is 7.34. The van der Waals surface area contributed by atoms with Crippen LogP contribution in [0.4, 0.5) is 0 Å². The number of carbonyl (C=O) groups is 1. The van der Waals surface area contributed by atoms with E-state index in [2.05, 4.69) is 15.5 Å². The molecule has 0 aromatic carbocycles. The van der Waals surface area contributed by atoms with Crippen molar-refractivity contribution in [3.63, 3.8) is 0 Å². The molecule has 0 unspecified atom stereocenters. The van der Waals surface area contributed by atoms with Crippen molar-refractivity contribution in [2.45, 2.75) is 30.6 Å². The predicted octanol–water partition coefficient (Wildman–Crippen LogP) is 0.647. The molecule has 0 radical (unpaired) electrons. The fraction of sp³-hybridized carbons (Fsp3) is 0.722. The van der Waals surface area contributed by atoms with E-state index in [4.69, 9.17) is 0 Å². The Morgan fingerprint density at radius 3 is 2.50 bits per heavy atom. The summed E-state index contributed by atoms with van der Waals surface area (Å²) in [5.41, 5.74) is 0.382. The molecule has 2 N–H and O–H groups in total. The highest BCUT2D eigenvalue weighted by atomic mass is 35.5. The number of carbonyl (C=O) groups excluding carboxylic acids is 1. The van der Waals surface area contributed by atoms with Gasteiger partial charge in [-0.2, -0.15) is 4.31 Å². The molecule has 10 heteroatoms. The summed E-state index contributed by atoms with van der Waals surface area (Å²) in [7, 11) is -1.80. The lowest BCUT2D eigenvalue weighted by Gasteiger charge is -2.27. The Hall–Kier alpha value is -1.13. The average Bonchev–Trinajstić information content (AvgIpc) is 3.09. The number of hydrogen-bond acceptors (Lipinski definition) is 5. The van der Waals surface area contributed by atoms with Crippen molar-refractivity contribution in [3.8, 4) is 0 Å². The highest BCUT2D eigenvalue weighted by molar-refractivity contribution is 7.89. The van der Waals surface area contributed by atoms with Crippen LogP contribution in [0, 0.1) is 0 Å². The lowest BCUT2D eigenvalue weighted by Crippen LogP contribution is -2.44. The fourth-order valence-corrected chi connectivity index (χ4v) is 5.27. The summed E-state index contributed by atoms with van der Waals surface area (Å²) in [6.45, 7) is 6.79. The minimum Gasteiger partial charge on any atom is -0.351 e. The molecular formula is C18H32ClN5O3S. The lowest BCUT2D eigenvalue weighted by atomic mass is 10.2. The number of piperidine rings is 1. The summed E-state index contributed by atoms with van der Waals surface area (Å²) < 4.78 is 28.7. The van der Waals surface area contributed by atoms with Crippen molar-refractivity contribution in [1.29, 1.82) is 0 Å². The molecule has 2 aliphatic rings. The highest BCUT2D eigenvalue weighted by Crippen LogP contribution is 2.22. The maximum absolute atomic E-state index is 12.8. The first kappa shape index (κ1) is 23.2. The smallest absolute Gasteiger partial charge is 0.267 e. The van der Waals surface area contributed by atoms with E-state index in [0.29, 0.717) is 25.3 Å². The second kappa shape index (κ2) is 10.6. The van der Waals surface area contributed by atoms with E-state index >= 15 is 0 Å². The molecule has 28 heavy (non-hydrogen) atoms. The van der Waals surface area contributed by atoms with Gasteiger partial charge in [0, 0.05) is 59.1 Å². The number of nitrogens with zero attached hydrogens (tertiary/aromatic N) is 3. The van der Waals surface area contributed by atoms with Crippen LogP contribution < -0.4 is 10.6 Å². The maximum atomic E-state index is 12.8. The molecule has 2 saturated heterocycles. The molecule has 160 valence electrons. The first-order valence-electron chi connectivity index (χ1n) is 9.86. The molecule has 0 bridgehead atoms. The van der Waals surface area contributed by atoms with Crippen LogP contribution in [0.25, 0.3) is 0 Å². The van der Waals surface area contributed by atoms with Gasteiger partial charge in [0.15, 0.2) is 0 Å². The van der Waals surface area contributed by atoms with E-state index in [9.17, 15) is 13.2 Å². The van der Waals surface area contributed by atoms with Gasteiger partial charge in [-0.25, -0.2) is 8.42 Å². The quantitative estimate of drug-likeness (QED) is 0.616. The van der Waals surface area contributed by atoms with E-state index < -0.39 is 10.0 Å². The van der Waals surface area contributed by atoms with Gasteiger partial charge < -0.3 is 20.1 Å². The zero-order chi connectivity index (χ0) is 19.3. The van der Waals surface area contributed by atoms with Crippen LogP contribution >= 0.6 is 12.4 Å². The van der Waals surface area contributed by atoms with Crippen LogP contribution in [-0.4, -0.2) is 80.5 Å². The molecule has 1 amide bonds. The van der Waals surface area contributed by atoms with Gasteiger partial charge in [-0.05, 0) is 31.9 Å². The molecule has 3 rings (SSSR count). The van der Waals surface area contributed by atoms with Crippen molar-refractivity contribution in [3.05, 3.63) is 18.0 Å². The van der Waals surface area contributed by atoms with Crippen molar-refractivity contribution < 1.29 is 13.2 Å². The van der Waals surface area contributed by atoms with Gasteiger partial charge in [0.1, 0.15) is 10.6 Å². The number of nitrogens with one attached hydrogen (secondary N) is 2. The molecule has 2 fully saturated rings. The van der Waals surface area contributed by atoms with Crippen LogP contribution in [0.3, 0.4) is 0 Å². The van der Waals surface area contributed by atoms with Gasteiger partial charge in [-0.1, -0.05) is 6.42 Å². The summed E-state index contributed by atoms with van der Waals surface area (Å²) in [5, 5.41) is 6.24. The highest BCUT2D eigenvalue weighted by Gasteiger charge is 2.28. The van der Waals surface area contributed by atoms with Crippen LogP contribution in [-0.2, 0) is 17.1 Å². The molecular weight excluding hydrogens is 402 g/mol. The molecule has 0 atom stereocenters. The number of hydrogen-bond donors (Lipinski definition) is 2. The van der Waals surface area contributed by atoms with Crippen molar-refractivity contribution >= 4 is 28.3 Å². The number of rotatable bonds is 7. The summed E-state index contributed by atoms with van der Waals surface area (Å²) in [6, 6.07) is 1.50. The van der Waals surface area contributed by atoms with Gasteiger partial charge in [0.25, 0.3) is 5.91 Å². The van der Waals surface area contributed by atoms with E-state index in [1.807, 2.05) is 0 Å². The van der Waals surface area contributed by atoms with Gasteiger partial charge >= 0.3 is 0 Å². The Morgan fingerprint density at radius 1 is 1.14 bits per heavy atom. The Bertz CT molecular complexity index is 740. The molecule has 8 nitrogen and oxygen atoms in total. The molecule has 0 spiro atoms. The summed E-state index contributed by atoms with van der Waals surface area (Å²) >= 11 is 0. The van der Waals surface area contributed by atoms with Crippen molar-refractivity contribution in [2.75, 3.05) is 52.4 Å².